The number of fused-ring (bicyclic) bond motifs is 7. The van der Waals surface area contributed by atoms with Crippen LogP contribution in [0.4, 0.5) is 22.7 Å². The zero-order chi connectivity index (χ0) is 58.3. The molecule has 87 heavy (non-hydrogen) atoms. The molecular weight excluding hydrogens is 1240 g/mol. The predicted molar refractivity (Wildman–Crippen MR) is 355 cm³/mol. The minimum atomic E-state index is -0.139. The van der Waals surface area contributed by atoms with Gasteiger partial charge in [-0.2, -0.15) is 6.07 Å². The Balaban J connectivity index is 0.00000667. The van der Waals surface area contributed by atoms with Gasteiger partial charge in [0.05, 0.1) is 11.0 Å². The second-order valence-corrected chi connectivity index (χ2v) is 25.0. The monoisotopic (exact) mass is 1310 g/mol. The molecule has 3 aromatic heterocycles. The molecule has 10 aromatic carbocycles. The molecule has 0 aliphatic carbocycles. The van der Waals surface area contributed by atoms with Crippen LogP contribution in [-0.4, -0.2) is 19.1 Å². The van der Waals surface area contributed by atoms with Gasteiger partial charge in [-0.3, -0.25) is 0 Å². The van der Waals surface area contributed by atoms with Gasteiger partial charge in [-0.1, -0.05) is 205 Å². The van der Waals surface area contributed by atoms with Gasteiger partial charge in [0, 0.05) is 85.4 Å². The minimum Gasteiger partial charge on any atom is -0.509 e. The molecule has 0 spiro atoms. The summed E-state index contributed by atoms with van der Waals surface area (Å²) in [6, 6.07) is 88.6. The van der Waals surface area contributed by atoms with Gasteiger partial charge in [-0.25, -0.2) is 9.97 Å². The Labute approximate surface area is 524 Å². The number of anilines is 4. The summed E-state index contributed by atoms with van der Waals surface area (Å²) >= 11 is 0. The predicted octanol–water partition coefficient (Wildman–Crippen LogP) is 20.6. The molecule has 7 nitrogen and oxygen atoms in total. The number of hydrogen-bond donors (Lipinski definition) is 0. The van der Waals surface area contributed by atoms with Crippen molar-refractivity contribution in [3.05, 3.63) is 266 Å². The number of rotatable bonds is 10. The molecule has 2 aliphatic rings. The van der Waals surface area contributed by atoms with Crippen molar-refractivity contribution >= 4 is 55.6 Å². The summed E-state index contributed by atoms with van der Waals surface area (Å²) in [5, 5.41) is 2.18. The summed E-state index contributed by atoms with van der Waals surface area (Å²) in [6.07, 6.45) is 5.12. The number of aromatic nitrogens is 4. The van der Waals surface area contributed by atoms with Crippen LogP contribution in [0.5, 0.6) is 11.5 Å². The minimum absolute atomic E-state index is 0. The molecule has 2 aliphatic heterocycles. The van der Waals surface area contributed by atoms with Gasteiger partial charge in [-0.05, 0) is 122 Å². The second kappa shape index (κ2) is 22.2. The average molecular weight is 1310 g/mol. The zero-order valence-electron chi connectivity index (χ0n) is 49.8. The van der Waals surface area contributed by atoms with Gasteiger partial charge >= 0.3 is 0 Å². The number of pyridine rings is 1. The molecule has 0 bridgehead atoms. The summed E-state index contributed by atoms with van der Waals surface area (Å²) in [5.41, 5.74) is 21.3. The van der Waals surface area contributed by atoms with Crippen LogP contribution < -0.4 is 14.5 Å². The fraction of sp³-hybridized carbons (Fsp3) is 0.152. The van der Waals surface area contributed by atoms with Gasteiger partial charge in [0.2, 0.25) is 0 Å². The quantitative estimate of drug-likeness (QED) is 0.128. The Morgan fingerprint density at radius 2 is 1.08 bits per heavy atom. The molecule has 5 heterocycles. The van der Waals surface area contributed by atoms with Gasteiger partial charge in [-0.15, -0.1) is 53.6 Å². The molecule has 0 amide bonds. The molecule has 0 N–H and O–H groups in total. The van der Waals surface area contributed by atoms with E-state index in [0.717, 1.165) is 149 Å². The van der Waals surface area contributed by atoms with Crippen LogP contribution in [0.2, 0.25) is 0 Å². The van der Waals surface area contributed by atoms with Crippen molar-refractivity contribution in [1.29, 1.82) is 0 Å². The van der Waals surface area contributed by atoms with Gasteiger partial charge < -0.3 is 23.7 Å². The topological polar surface area (TPSA) is 51.4 Å². The molecule has 15 rings (SSSR count). The number of benzene rings is 10. The maximum absolute atomic E-state index is 7.31. The van der Waals surface area contributed by atoms with E-state index in [2.05, 4.69) is 298 Å². The van der Waals surface area contributed by atoms with E-state index in [1.165, 1.54) is 11.1 Å². The third kappa shape index (κ3) is 10.1. The third-order valence-electron chi connectivity index (χ3n) is 17.3. The Morgan fingerprint density at radius 1 is 0.483 bits per heavy atom. The second-order valence-electron chi connectivity index (χ2n) is 25.0. The normalized spacial score (nSPS) is 13.3. The van der Waals surface area contributed by atoms with E-state index in [0.29, 0.717) is 11.5 Å². The largest absolute Gasteiger partial charge is 0.509 e. The van der Waals surface area contributed by atoms with Crippen molar-refractivity contribution < 1.29 is 25.8 Å². The van der Waals surface area contributed by atoms with E-state index < -0.39 is 0 Å². The Morgan fingerprint density at radius 3 is 1.71 bits per heavy atom. The number of para-hydroxylation sites is 1. The smallest absolute Gasteiger partial charge is 0.135 e. The molecule has 430 valence electrons. The van der Waals surface area contributed by atoms with E-state index in [9.17, 15) is 0 Å². The van der Waals surface area contributed by atoms with E-state index >= 15 is 0 Å². The first kappa shape index (κ1) is 55.6. The maximum Gasteiger partial charge on any atom is 0.135 e. The Hall–Kier alpha value is -9.29. The summed E-state index contributed by atoms with van der Waals surface area (Å²) in [7, 11) is 0. The number of hydrogen-bond acceptors (Lipinski definition) is 5. The first-order chi connectivity index (χ1) is 41.9. The van der Waals surface area contributed by atoms with E-state index in [-0.39, 0.29) is 31.9 Å². The molecule has 13 aromatic rings. The first-order valence-corrected chi connectivity index (χ1v) is 30.1. The van der Waals surface area contributed by atoms with E-state index in [1.54, 1.807) is 0 Å². The van der Waals surface area contributed by atoms with Crippen LogP contribution in [0.15, 0.2) is 231 Å². The molecular formula is C79H65N6OPt-3. The molecule has 0 fully saturated rings. The van der Waals surface area contributed by atoms with Gasteiger partial charge in [0.15, 0.2) is 0 Å². The maximum atomic E-state index is 7.31. The molecule has 0 saturated heterocycles. The van der Waals surface area contributed by atoms with Crippen molar-refractivity contribution in [2.45, 2.75) is 78.2 Å². The average Bonchev–Trinajstić information content (AvgIpc) is 1.69. The molecule has 0 atom stereocenters. The number of imidazole rings is 1. The summed E-state index contributed by atoms with van der Waals surface area (Å²) in [5.74, 6) is 3.07. The van der Waals surface area contributed by atoms with Gasteiger partial charge in [0.25, 0.3) is 0 Å². The van der Waals surface area contributed by atoms with Crippen LogP contribution in [0.1, 0.15) is 71.3 Å². The molecule has 8 heteroatoms. The number of nitrogens with zero attached hydrogens (tertiary/aromatic N) is 6. The van der Waals surface area contributed by atoms with Crippen molar-refractivity contribution in [2.75, 3.05) is 9.80 Å². The first-order valence-electron chi connectivity index (χ1n) is 30.1. The van der Waals surface area contributed by atoms with E-state index in [1.807, 2.05) is 12.3 Å². The van der Waals surface area contributed by atoms with Crippen LogP contribution in [-0.2, 0) is 44.9 Å². The standard InChI is InChI=1S/C79H65N6O.Pt/c1-78(2,3)57-39-40-80-75(46-57)85-69-35-20-19-32-64(69)65-38-37-60(48-70(65)85)86-61-43-56(76-62(52-24-11-7-12-25-52)33-23-34-63(76)53-26-13-8-14-27-53)42-59(47-61)83-51-84(73-50-71-68(49-72(73)83)81-74-36-21-22-41-82(71)74)77-66(54-28-15-9-16-29-54)44-58(79(4,5)6)45-67(77)55-30-17-10-18-31-55;/h7-20,23-35,37-40,42-46,49-51H,21-22,36,41H2,1-6H3;/q-3;. The fourth-order valence-corrected chi connectivity index (χ4v) is 12.9. The van der Waals surface area contributed by atoms with Crippen LogP contribution in [0.3, 0.4) is 0 Å². The summed E-state index contributed by atoms with van der Waals surface area (Å²) in [4.78, 5) is 15.1. The van der Waals surface area contributed by atoms with Gasteiger partial charge in [0.1, 0.15) is 11.6 Å². The summed E-state index contributed by atoms with van der Waals surface area (Å²) < 4.78 is 12.0. The SMILES string of the molecule is CC(C)(C)c1ccnc(-n2c3[c-]c(Oc4[c-]c(N5[CH-]N(c6c(-c7ccccc7)cc(C(C)(C)C)cc6-c6ccccc6)c6cc7c(cc65)nc5n7CCCC5)cc(-c5c(-c6ccccc6)cccc5-c5ccccc5)c4)ccc3c3ccccc32)c1.[Pt]. The summed E-state index contributed by atoms with van der Waals surface area (Å²) in [6.45, 7) is 16.9. The van der Waals surface area contributed by atoms with Crippen molar-refractivity contribution in [2.24, 2.45) is 0 Å². The molecule has 0 unspecified atom stereocenters. The third-order valence-corrected chi connectivity index (χ3v) is 17.3. The van der Waals surface area contributed by atoms with Crippen LogP contribution >= 0.6 is 0 Å². The van der Waals surface area contributed by atoms with Crippen LogP contribution in [0.25, 0.3) is 94.3 Å². The Bertz CT molecular complexity index is 4610. The van der Waals surface area contributed by atoms with Crippen molar-refractivity contribution in [1.82, 2.24) is 19.1 Å². The number of ether oxygens (including phenoxy) is 1. The number of aryl methyl sites for hydroxylation is 2. The Kier molecular flexibility index (Phi) is 14.2. The molecule has 0 saturated carbocycles. The zero-order valence-corrected chi connectivity index (χ0v) is 52.0. The van der Waals surface area contributed by atoms with Crippen molar-refractivity contribution in [3.8, 4) is 73.0 Å². The van der Waals surface area contributed by atoms with Crippen LogP contribution in [0, 0.1) is 18.8 Å². The van der Waals surface area contributed by atoms with E-state index in [4.69, 9.17) is 14.7 Å². The molecule has 0 radical (unpaired) electrons. The van der Waals surface area contributed by atoms with Crippen molar-refractivity contribution in [3.63, 3.8) is 0 Å². The fourth-order valence-electron chi connectivity index (χ4n) is 12.9.